The molecule has 0 radical (unpaired) electrons. The van der Waals surface area contributed by atoms with Crippen LogP contribution in [0.1, 0.15) is 13.3 Å². The number of rotatable bonds is 5. The van der Waals surface area contributed by atoms with E-state index in [0.29, 0.717) is 0 Å². The number of methoxy groups -OCH3 is 1. The van der Waals surface area contributed by atoms with E-state index in [4.69, 9.17) is 4.74 Å². The Kier molecular flexibility index (Phi) is 4.89. The molecule has 5 heteroatoms. The van der Waals surface area contributed by atoms with E-state index in [1.807, 2.05) is 13.2 Å². The summed E-state index contributed by atoms with van der Waals surface area (Å²) >= 11 is 1.63. The van der Waals surface area contributed by atoms with E-state index in [9.17, 15) is 9.90 Å². The molecule has 1 fully saturated rings. The van der Waals surface area contributed by atoms with Crippen molar-refractivity contribution in [1.29, 1.82) is 0 Å². The summed E-state index contributed by atoms with van der Waals surface area (Å²) in [7, 11) is 1.42. The fourth-order valence-corrected chi connectivity index (χ4v) is 2.62. The van der Waals surface area contributed by atoms with Gasteiger partial charge in [-0.25, -0.2) is 0 Å². The first-order valence-electron chi connectivity index (χ1n) is 5.13. The van der Waals surface area contributed by atoms with E-state index in [1.54, 1.807) is 11.8 Å². The highest BCUT2D eigenvalue weighted by molar-refractivity contribution is 7.99. The highest BCUT2D eigenvalue weighted by Crippen LogP contribution is 2.26. The Morgan fingerprint density at radius 2 is 2.40 bits per heavy atom. The minimum Gasteiger partial charge on any atom is -0.468 e. The van der Waals surface area contributed by atoms with Gasteiger partial charge in [-0.05, 0) is 19.6 Å². The number of aliphatic hydroxyl groups is 1. The third-order valence-electron chi connectivity index (χ3n) is 3.08. The van der Waals surface area contributed by atoms with Crippen molar-refractivity contribution in [2.45, 2.75) is 30.7 Å². The molecule has 3 unspecified atom stereocenters. The molecule has 1 saturated heterocycles. The Hall–Kier alpha value is -0.260. The van der Waals surface area contributed by atoms with Crippen molar-refractivity contribution >= 4 is 17.7 Å². The Morgan fingerprint density at radius 1 is 1.73 bits per heavy atom. The molecule has 0 amide bonds. The lowest BCUT2D eigenvalue weighted by Gasteiger charge is -2.45. The number of likely N-dealkylation sites (tertiary alicyclic amines) is 1. The van der Waals surface area contributed by atoms with E-state index in [-0.39, 0.29) is 29.9 Å². The second-order valence-corrected chi connectivity index (χ2v) is 4.84. The van der Waals surface area contributed by atoms with Crippen LogP contribution in [0.5, 0.6) is 0 Å². The molecule has 1 aliphatic rings. The second kappa shape index (κ2) is 5.72. The third kappa shape index (κ3) is 2.65. The molecule has 0 spiro atoms. The van der Waals surface area contributed by atoms with Crippen molar-refractivity contribution in [3.63, 3.8) is 0 Å². The zero-order chi connectivity index (χ0) is 11.4. The van der Waals surface area contributed by atoms with Gasteiger partial charge in [-0.1, -0.05) is 0 Å². The summed E-state index contributed by atoms with van der Waals surface area (Å²) in [5, 5.41) is 9.35. The summed E-state index contributed by atoms with van der Waals surface area (Å²) in [6, 6.07) is 0.106. The first-order valence-corrected chi connectivity index (χ1v) is 6.41. The van der Waals surface area contributed by atoms with Crippen molar-refractivity contribution in [3.8, 4) is 0 Å². The number of nitrogens with zero attached hydrogens (tertiary/aromatic N) is 1. The second-order valence-electron chi connectivity index (χ2n) is 3.76. The van der Waals surface area contributed by atoms with Gasteiger partial charge in [0.05, 0.1) is 13.7 Å². The maximum Gasteiger partial charge on any atom is 0.323 e. The highest BCUT2D eigenvalue weighted by Gasteiger charge is 2.39. The van der Waals surface area contributed by atoms with E-state index < -0.39 is 0 Å². The normalized spacial score (nSPS) is 25.5. The smallest absolute Gasteiger partial charge is 0.323 e. The molecule has 0 bridgehead atoms. The lowest BCUT2D eigenvalue weighted by atomic mass is 9.99. The first-order chi connectivity index (χ1) is 7.15. The van der Waals surface area contributed by atoms with Crippen LogP contribution in [0.15, 0.2) is 0 Å². The SMILES string of the molecule is COC(=O)C1CCN1C(C)C(CO)SC. The van der Waals surface area contributed by atoms with Crippen LogP contribution in [-0.2, 0) is 9.53 Å². The molecule has 88 valence electrons. The minimum absolute atomic E-state index is 0.105. The number of ether oxygens (including phenoxy) is 1. The van der Waals surface area contributed by atoms with Crippen molar-refractivity contribution < 1.29 is 14.6 Å². The van der Waals surface area contributed by atoms with Gasteiger partial charge in [-0.2, -0.15) is 11.8 Å². The first kappa shape index (κ1) is 12.8. The van der Waals surface area contributed by atoms with Gasteiger partial charge in [-0.15, -0.1) is 0 Å². The van der Waals surface area contributed by atoms with Gasteiger partial charge in [0.1, 0.15) is 6.04 Å². The predicted octanol–water partition coefficient (Wildman–Crippen LogP) is 0.346. The van der Waals surface area contributed by atoms with Crippen LogP contribution < -0.4 is 0 Å². The van der Waals surface area contributed by atoms with Crippen LogP contribution in [-0.4, -0.2) is 59.8 Å². The van der Waals surface area contributed by atoms with Gasteiger partial charge in [0.25, 0.3) is 0 Å². The van der Waals surface area contributed by atoms with Crippen LogP contribution in [0.2, 0.25) is 0 Å². The lowest BCUT2D eigenvalue weighted by Crippen LogP contribution is -2.59. The molecule has 3 atom stereocenters. The number of aliphatic hydroxyl groups excluding tert-OH is 1. The lowest BCUT2D eigenvalue weighted by molar-refractivity contribution is -0.153. The van der Waals surface area contributed by atoms with Crippen LogP contribution >= 0.6 is 11.8 Å². The summed E-state index contributed by atoms with van der Waals surface area (Å²) in [5.74, 6) is -0.161. The Bertz CT molecular complexity index is 221. The van der Waals surface area contributed by atoms with E-state index >= 15 is 0 Å². The van der Waals surface area contributed by atoms with Crippen LogP contribution in [0, 0.1) is 0 Å². The number of hydrogen-bond acceptors (Lipinski definition) is 5. The Morgan fingerprint density at radius 3 is 2.73 bits per heavy atom. The molecule has 0 aliphatic carbocycles. The molecule has 1 heterocycles. The van der Waals surface area contributed by atoms with Gasteiger partial charge >= 0.3 is 5.97 Å². The zero-order valence-corrected chi connectivity index (χ0v) is 10.3. The summed E-state index contributed by atoms with van der Waals surface area (Å²) in [6.07, 6.45) is 2.84. The van der Waals surface area contributed by atoms with E-state index in [1.165, 1.54) is 7.11 Å². The third-order valence-corrected chi connectivity index (χ3v) is 4.23. The number of hydrogen-bond donors (Lipinski definition) is 1. The number of esters is 1. The summed E-state index contributed by atoms with van der Waals surface area (Å²) in [4.78, 5) is 13.5. The fourth-order valence-electron chi connectivity index (χ4n) is 1.92. The summed E-state index contributed by atoms with van der Waals surface area (Å²) in [5.41, 5.74) is 0. The van der Waals surface area contributed by atoms with Crippen LogP contribution in [0.4, 0.5) is 0 Å². The van der Waals surface area contributed by atoms with E-state index in [0.717, 1.165) is 13.0 Å². The number of carbonyl (C=O) groups excluding carboxylic acids is 1. The predicted molar refractivity (Wildman–Crippen MR) is 61.0 cm³/mol. The van der Waals surface area contributed by atoms with Crippen molar-refractivity contribution in [2.24, 2.45) is 0 Å². The molecule has 4 nitrogen and oxygen atoms in total. The van der Waals surface area contributed by atoms with Gasteiger partial charge in [0.2, 0.25) is 0 Å². The minimum atomic E-state index is -0.161. The maximum atomic E-state index is 11.4. The fraction of sp³-hybridized carbons (Fsp3) is 0.900. The molecule has 0 aromatic carbocycles. The van der Waals surface area contributed by atoms with Crippen molar-refractivity contribution in [1.82, 2.24) is 4.90 Å². The van der Waals surface area contributed by atoms with Crippen LogP contribution in [0.25, 0.3) is 0 Å². The molecule has 1 aliphatic heterocycles. The Labute approximate surface area is 95.0 Å². The largest absolute Gasteiger partial charge is 0.468 e. The molecular formula is C10H19NO3S. The van der Waals surface area contributed by atoms with Gasteiger partial charge < -0.3 is 9.84 Å². The molecule has 0 aromatic heterocycles. The average Bonchev–Trinajstić information content (AvgIpc) is 2.17. The highest BCUT2D eigenvalue weighted by atomic mass is 32.2. The van der Waals surface area contributed by atoms with Crippen molar-refractivity contribution in [3.05, 3.63) is 0 Å². The zero-order valence-electron chi connectivity index (χ0n) is 9.47. The Balaban J connectivity index is 2.53. The van der Waals surface area contributed by atoms with Gasteiger partial charge in [-0.3, -0.25) is 9.69 Å². The van der Waals surface area contributed by atoms with Gasteiger partial charge in [0.15, 0.2) is 0 Å². The molecule has 0 saturated carbocycles. The molecule has 1 N–H and O–H groups in total. The van der Waals surface area contributed by atoms with Gasteiger partial charge in [0, 0.05) is 17.8 Å². The van der Waals surface area contributed by atoms with E-state index in [2.05, 4.69) is 4.90 Å². The molecular weight excluding hydrogens is 214 g/mol. The number of carbonyl (C=O) groups is 1. The molecule has 1 rings (SSSR count). The quantitative estimate of drug-likeness (QED) is 0.694. The average molecular weight is 233 g/mol. The standard InChI is InChI=1S/C10H19NO3S/c1-7(9(6-12)15-3)11-5-4-8(11)10(13)14-2/h7-9,12H,4-6H2,1-3H3. The maximum absolute atomic E-state index is 11.4. The number of thioether (sulfide) groups is 1. The summed E-state index contributed by atoms with van der Waals surface area (Å²) in [6.45, 7) is 3.11. The summed E-state index contributed by atoms with van der Waals surface area (Å²) < 4.78 is 4.73. The molecule has 15 heavy (non-hydrogen) atoms. The topological polar surface area (TPSA) is 49.8 Å². The molecule has 0 aromatic rings. The van der Waals surface area contributed by atoms with Crippen molar-refractivity contribution in [2.75, 3.05) is 26.5 Å². The monoisotopic (exact) mass is 233 g/mol. The van der Waals surface area contributed by atoms with Crippen LogP contribution in [0.3, 0.4) is 0 Å².